The van der Waals surface area contributed by atoms with Gasteiger partial charge in [0.05, 0.1) is 5.39 Å². The highest BCUT2D eigenvalue weighted by atomic mass is 16.2. The lowest BCUT2D eigenvalue weighted by molar-refractivity contribution is 0.0698. The summed E-state index contributed by atoms with van der Waals surface area (Å²) in [6.45, 7) is 8.16. The highest BCUT2D eigenvalue weighted by Crippen LogP contribution is 2.32. The summed E-state index contributed by atoms with van der Waals surface area (Å²) >= 11 is 0. The van der Waals surface area contributed by atoms with E-state index in [4.69, 9.17) is 0 Å². The zero-order chi connectivity index (χ0) is 19.8. The Morgan fingerprint density at radius 3 is 2.57 bits per heavy atom. The molecule has 1 unspecified atom stereocenters. The average molecular weight is 383 g/mol. The Morgan fingerprint density at radius 2 is 1.89 bits per heavy atom. The van der Waals surface area contributed by atoms with Gasteiger partial charge in [-0.3, -0.25) is 14.5 Å². The minimum atomic E-state index is -0.168. The van der Waals surface area contributed by atoms with Gasteiger partial charge in [-0.25, -0.2) is 4.68 Å². The fourth-order valence-corrected chi connectivity index (χ4v) is 4.35. The maximum Gasteiger partial charge on any atom is 0.275 e. The Morgan fingerprint density at radius 1 is 1.18 bits per heavy atom. The molecule has 2 fully saturated rings. The van der Waals surface area contributed by atoms with Crippen LogP contribution < -0.4 is 5.56 Å². The van der Waals surface area contributed by atoms with Crippen molar-refractivity contribution in [2.75, 3.05) is 26.2 Å². The van der Waals surface area contributed by atoms with Gasteiger partial charge >= 0.3 is 0 Å². The molecule has 1 aliphatic carbocycles. The minimum absolute atomic E-state index is 0.0641. The van der Waals surface area contributed by atoms with Crippen LogP contribution in [0, 0.1) is 11.8 Å². The topological polar surface area (TPSA) is 58.4 Å². The van der Waals surface area contributed by atoms with E-state index in [0.29, 0.717) is 28.4 Å². The summed E-state index contributed by atoms with van der Waals surface area (Å²) in [4.78, 5) is 30.4. The van der Waals surface area contributed by atoms with Crippen molar-refractivity contribution < 1.29 is 4.79 Å². The summed E-state index contributed by atoms with van der Waals surface area (Å²) in [5.41, 5.74) is 0.217. The van der Waals surface area contributed by atoms with E-state index in [1.54, 1.807) is 13.1 Å². The molecule has 1 aromatic heterocycles. The van der Waals surface area contributed by atoms with Crippen LogP contribution in [0.1, 0.15) is 43.6 Å². The maximum atomic E-state index is 13.5. The summed E-state index contributed by atoms with van der Waals surface area (Å²) in [7, 11) is 1.61. The lowest BCUT2D eigenvalue weighted by Gasteiger charge is -2.34. The molecule has 1 amide bonds. The van der Waals surface area contributed by atoms with E-state index in [-0.39, 0.29) is 11.5 Å². The number of amides is 1. The second kappa shape index (κ2) is 7.66. The monoisotopic (exact) mass is 382 g/mol. The fourth-order valence-electron chi connectivity index (χ4n) is 4.35. The van der Waals surface area contributed by atoms with Crippen LogP contribution in [0.2, 0.25) is 0 Å². The van der Waals surface area contributed by atoms with E-state index in [1.165, 1.54) is 17.5 Å². The predicted molar refractivity (Wildman–Crippen MR) is 110 cm³/mol. The van der Waals surface area contributed by atoms with E-state index >= 15 is 0 Å². The molecular weight excluding hydrogens is 352 g/mol. The molecule has 1 aliphatic heterocycles. The van der Waals surface area contributed by atoms with Crippen molar-refractivity contribution in [3.05, 3.63) is 40.3 Å². The van der Waals surface area contributed by atoms with Crippen LogP contribution in [-0.4, -0.2) is 57.7 Å². The molecule has 2 aliphatic rings. The highest BCUT2D eigenvalue weighted by Gasteiger charge is 2.34. The Kier molecular flexibility index (Phi) is 5.23. The number of nitrogens with zero attached hydrogens (tertiary/aromatic N) is 4. The maximum absolute atomic E-state index is 13.5. The van der Waals surface area contributed by atoms with Crippen molar-refractivity contribution in [1.82, 2.24) is 19.6 Å². The van der Waals surface area contributed by atoms with Crippen molar-refractivity contribution in [1.29, 1.82) is 0 Å². The molecule has 2 aromatic rings. The molecular formula is C22H30N4O2. The van der Waals surface area contributed by atoms with Gasteiger partial charge in [-0.2, -0.15) is 5.10 Å². The normalized spacial score (nSPS) is 21.3. The summed E-state index contributed by atoms with van der Waals surface area (Å²) in [6, 6.07) is 7.65. The molecule has 6 heteroatoms. The van der Waals surface area contributed by atoms with Crippen LogP contribution in [0.4, 0.5) is 0 Å². The average Bonchev–Trinajstić information content (AvgIpc) is 3.51. The number of aromatic nitrogens is 2. The van der Waals surface area contributed by atoms with Crippen molar-refractivity contribution >= 4 is 16.7 Å². The summed E-state index contributed by atoms with van der Waals surface area (Å²) < 4.78 is 1.28. The number of aryl methyl sites for hydroxylation is 1. The van der Waals surface area contributed by atoms with Crippen LogP contribution in [0.3, 0.4) is 0 Å². The van der Waals surface area contributed by atoms with Crippen LogP contribution in [0.15, 0.2) is 29.1 Å². The van der Waals surface area contributed by atoms with Gasteiger partial charge in [0.1, 0.15) is 0 Å². The van der Waals surface area contributed by atoms with Gasteiger partial charge in [-0.05, 0) is 37.2 Å². The van der Waals surface area contributed by atoms with Crippen LogP contribution in [0.25, 0.3) is 10.8 Å². The first-order valence-electron chi connectivity index (χ1n) is 10.4. The SMILES string of the molecule is CC(C)C1CN(C(=O)c2nn(C)c(=O)c3ccccc23)CCCN1CC1CC1. The fraction of sp³-hybridized carbons (Fsp3) is 0.591. The molecule has 28 heavy (non-hydrogen) atoms. The molecule has 1 atom stereocenters. The molecule has 0 N–H and O–H groups in total. The number of carbonyl (C=O) groups is 1. The van der Waals surface area contributed by atoms with E-state index in [2.05, 4.69) is 23.8 Å². The van der Waals surface area contributed by atoms with Gasteiger partial charge in [0.25, 0.3) is 11.5 Å². The molecule has 1 saturated heterocycles. The molecule has 150 valence electrons. The van der Waals surface area contributed by atoms with E-state index in [0.717, 1.165) is 38.5 Å². The van der Waals surface area contributed by atoms with Gasteiger partial charge < -0.3 is 4.90 Å². The van der Waals surface area contributed by atoms with Crippen LogP contribution >= 0.6 is 0 Å². The Bertz CT molecular complexity index is 932. The van der Waals surface area contributed by atoms with Crippen molar-refractivity contribution in [2.45, 2.75) is 39.2 Å². The highest BCUT2D eigenvalue weighted by molar-refractivity contribution is 6.04. The van der Waals surface area contributed by atoms with Gasteiger partial charge in [0, 0.05) is 44.7 Å². The lowest BCUT2D eigenvalue weighted by Crippen LogP contribution is -2.46. The Labute approximate surface area is 166 Å². The first-order chi connectivity index (χ1) is 13.5. The second-order valence-electron chi connectivity index (χ2n) is 8.68. The quantitative estimate of drug-likeness (QED) is 0.815. The molecule has 1 saturated carbocycles. The van der Waals surface area contributed by atoms with Gasteiger partial charge in [0.2, 0.25) is 0 Å². The largest absolute Gasteiger partial charge is 0.336 e. The number of benzene rings is 1. The third-order valence-corrected chi connectivity index (χ3v) is 6.16. The lowest BCUT2D eigenvalue weighted by atomic mass is 10.0. The number of hydrogen-bond donors (Lipinski definition) is 0. The summed E-state index contributed by atoms with van der Waals surface area (Å²) in [6.07, 6.45) is 3.67. The number of carbonyl (C=O) groups excluding carboxylic acids is 1. The third-order valence-electron chi connectivity index (χ3n) is 6.16. The number of fused-ring (bicyclic) bond motifs is 1. The van der Waals surface area contributed by atoms with Gasteiger partial charge in [-0.1, -0.05) is 32.0 Å². The first kappa shape index (κ1) is 19.1. The van der Waals surface area contributed by atoms with Crippen molar-refractivity contribution in [3.8, 4) is 0 Å². The summed E-state index contributed by atoms with van der Waals surface area (Å²) in [5.74, 6) is 1.26. The molecule has 0 radical (unpaired) electrons. The van der Waals surface area contributed by atoms with E-state index in [1.807, 2.05) is 23.1 Å². The summed E-state index contributed by atoms with van der Waals surface area (Å²) in [5, 5.41) is 5.55. The third kappa shape index (κ3) is 3.70. The van der Waals surface area contributed by atoms with Gasteiger partial charge in [0.15, 0.2) is 5.69 Å². The first-order valence-corrected chi connectivity index (χ1v) is 10.4. The zero-order valence-electron chi connectivity index (χ0n) is 17.1. The molecule has 0 bridgehead atoms. The smallest absolute Gasteiger partial charge is 0.275 e. The van der Waals surface area contributed by atoms with Crippen molar-refractivity contribution in [3.63, 3.8) is 0 Å². The van der Waals surface area contributed by atoms with Gasteiger partial charge in [-0.15, -0.1) is 0 Å². The Hall–Kier alpha value is -2.21. The second-order valence-corrected chi connectivity index (χ2v) is 8.68. The molecule has 1 aromatic carbocycles. The minimum Gasteiger partial charge on any atom is -0.336 e. The van der Waals surface area contributed by atoms with Crippen molar-refractivity contribution in [2.24, 2.45) is 18.9 Å². The Balaban J connectivity index is 1.65. The molecule has 0 spiro atoms. The standard InChI is InChI=1S/C22H30N4O2/c1-15(2)19-14-26(12-6-11-25(19)13-16-9-10-16)22(28)20-17-7-4-5-8-18(17)21(27)24(3)23-20/h4-5,7-8,15-16,19H,6,9-14H2,1-3H3. The van der Waals surface area contributed by atoms with E-state index < -0.39 is 0 Å². The number of rotatable bonds is 4. The predicted octanol–water partition coefficient (Wildman–Crippen LogP) is 2.52. The molecule has 4 rings (SSSR count). The van der Waals surface area contributed by atoms with E-state index in [9.17, 15) is 9.59 Å². The van der Waals surface area contributed by atoms with Crippen LogP contribution in [0.5, 0.6) is 0 Å². The zero-order valence-corrected chi connectivity index (χ0v) is 17.1. The van der Waals surface area contributed by atoms with Crippen LogP contribution in [-0.2, 0) is 7.05 Å². The molecule has 2 heterocycles. The molecule has 6 nitrogen and oxygen atoms in total. The number of hydrogen-bond acceptors (Lipinski definition) is 4.